The average molecular weight is 240 g/mol. The van der Waals surface area contributed by atoms with Crippen LogP contribution in [0.2, 0.25) is 0 Å². The highest BCUT2D eigenvalue weighted by Gasteiger charge is 2.23. The summed E-state index contributed by atoms with van der Waals surface area (Å²) < 4.78 is 0. The lowest BCUT2D eigenvalue weighted by molar-refractivity contribution is 0.0602. The molecule has 1 N–H and O–H groups in total. The molecule has 0 saturated carbocycles. The molecule has 4 heteroatoms. The molecule has 0 amide bonds. The molecule has 90 valence electrons. The molecule has 1 saturated heterocycles. The molecule has 1 aromatic rings. The zero-order valence-corrected chi connectivity index (χ0v) is 10.8. The fourth-order valence-electron chi connectivity index (χ4n) is 2.31. The topological polar surface area (TPSA) is 36.4 Å². The highest BCUT2D eigenvalue weighted by atomic mass is 32.1. The number of aryl methyl sites for hydroxylation is 1. The maximum atomic E-state index is 9.64. The third-order valence-corrected chi connectivity index (χ3v) is 4.36. The van der Waals surface area contributed by atoms with Crippen molar-refractivity contribution >= 4 is 11.3 Å². The van der Waals surface area contributed by atoms with Crippen LogP contribution in [-0.2, 0) is 6.54 Å². The second kappa shape index (κ2) is 5.25. The van der Waals surface area contributed by atoms with Gasteiger partial charge < -0.3 is 5.11 Å². The Hall–Kier alpha value is -0.450. The van der Waals surface area contributed by atoms with Crippen LogP contribution in [0.5, 0.6) is 0 Å². The second-order valence-electron chi connectivity index (χ2n) is 4.74. The van der Waals surface area contributed by atoms with E-state index in [-0.39, 0.29) is 6.10 Å². The number of hydrogen-bond donors (Lipinski definition) is 1. The van der Waals surface area contributed by atoms with Crippen LogP contribution in [0.4, 0.5) is 0 Å². The Morgan fingerprint density at radius 1 is 1.69 bits per heavy atom. The predicted octanol–water partition coefficient (Wildman–Crippen LogP) is 2.04. The fourth-order valence-corrected chi connectivity index (χ4v) is 3.13. The Morgan fingerprint density at radius 3 is 3.12 bits per heavy atom. The molecule has 2 rings (SSSR count). The summed E-state index contributed by atoms with van der Waals surface area (Å²) in [7, 11) is 0. The Labute approximate surface area is 101 Å². The van der Waals surface area contributed by atoms with Gasteiger partial charge in [-0.2, -0.15) is 0 Å². The first-order valence-electron chi connectivity index (χ1n) is 5.96. The summed E-state index contributed by atoms with van der Waals surface area (Å²) >= 11 is 1.74. The number of aromatic nitrogens is 1. The van der Waals surface area contributed by atoms with Gasteiger partial charge in [0.25, 0.3) is 0 Å². The summed E-state index contributed by atoms with van der Waals surface area (Å²) in [5.74, 6) is 0.446. The summed E-state index contributed by atoms with van der Waals surface area (Å²) in [4.78, 5) is 8.09. The van der Waals surface area contributed by atoms with Gasteiger partial charge in [-0.15, -0.1) is 11.3 Å². The molecule has 2 atom stereocenters. The van der Waals surface area contributed by atoms with Crippen LogP contribution in [0.1, 0.15) is 30.3 Å². The molecule has 0 spiro atoms. The van der Waals surface area contributed by atoms with Gasteiger partial charge in [0.15, 0.2) is 0 Å². The summed E-state index contributed by atoms with van der Waals surface area (Å²) in [6.07, 6.45) is 2.19. The molecule has 0 radical (unpaired) electrons. The van der Waals surface area contributed by atoms with Crippen LogP contribution in [0, 0.1) is 12.8 Å². The number of aliphatic hydroxyl groups is 1. The van der Waals surface area contributed by atoms with Crippen molar-refractivity contribution in [1.82, 2.24) is 9.88 Å². The minimum absolute atomic E-state index is 0.176. The molecule has 0 bridgehead atoms. The largest absolute Gasteiger partial charge is 0.393 e. The maximum absolute atomic E-state index is 9.64. The van der Waals surface area contributed by atoms with Crippen LogP contribution in [0.15, 0.2) is 5.51 Å². The highest BCUT2D eigenvalue weighted by Crippen LogP contribution is 2.23. The van der Waals surface area contributed by atoms with Crippen molar-refractivity contribution in [2.24, 2.45) is 5.92 Å². The van der Waals surface area contributed by atoms with Gasteiger partial charge in [-0.3, -0.25) is 4.90 Å². The molecular formula is C12H20N2OS. The third-order valence-electron chi connectivity index (χ3n) is 3.44. The first-order chi connectivity index (χ1) is 7.66. The van der Waals surface area contributed by atoms with Gasteiger partial charge in [0.1, 0.15) is 0 Å². The van der Waals surface area contributed by atoms with E-state index in [1.54, 1.807) is 11.3 Å². The molecule has 2 heterocycles. The Bertz CT molecular complexity index is 338. The lowest BCUT2D eigenvalue weighted by Crippen LogP contribution is -2.38. The van der Waals surface area contributed by atoms with E-state index in [9.17, 15) is 5.11 Å². The van der Waals surface area contributed by atoms with Gasteiger partial charge in [-0.1, -0.05) is 0 Å². The summed E-state index contributed by atoms with van der Waals surface area (Å²) in [6, 6.07) is 0. The molecule has 1 aromatic heterocycles. The van der Waals surface area contributed by atoms with E-state index in [0.29, 0.717) is 5.92 Å². The molecule has 1 aliphatic heterocycles. The molecule has 3 nitrogen and oxygen atoms in total. The van der Waals surface area contributed by atoms with E-state index < -0.39 is 0 Å². The van der Waals surface area contributed by atoms with Gasteiger partial charge in [0.05, 0.1) is 17.3 Å². The monoisotopic (exact) mass is 240 g/mol. The van der Waals surface area contributed by atoms with Gasteiger partial charge in [0.2, 0.25) is 0 Å². The van der Waals surface area contributed by atoms with E-state index in [1.807, 2.05) is 12.4 Å². The number of aliphatic hydroxyl groups excluding tert-OH is 1. The fraction of sp³-hybridized carbons (Fsp3) is 0.750. The van der Waals surface area contributed by atoms with Gasteiger partial charge in [-0.05, 0) is 39.2 Å². The first kappa shape index (κ1) is 12.0. The maximum Gasteiger partial charge on any atom is 0.0798 e. The lowest BCUT2D eigenvalue weighted by atomic mass is 9.93. The zero-order valence-electron chi connectivity index (χ0n) is 10.0. The highest BCUT2D eigenvalue weighted by molar-refractivity contribution is 7.09. The van der Waals surface area contributed by atoms with Crippen LogP contribution < -0.4 is 0 Å². The lowest BCUT2D eigenvalue weighted by Gasteiger charge is -2.33. The molecule has 0 unspecified atom stereocenters. The van der Waals surface area contributed by atoms with Gasteiger partial charge in [-0.25, -0.2) is 4.98 Å². The van der Waals surface area contributed by atoms with E-state index in [0.717, 1.165) is 31.7 Å². The standard InChI is InChI=1S/C12H20N2OS/c1-9-12(16-8-13-9)7-14-5-3-4-11(6-14)10(2)15/h8,10-11,15H,3-7H2,1-2H3/t10-,11+/m1/s1. The number of piperidine rings is 1. The molecule has 0 aliphatic carbocycles. The van der Waals surface area contributed by atoms with Gasteiger partial charge in [0, 0.05) is 18.0 Å². The third kappa shape index (κ3) is 2.81. The number of nitrogens with zero attached hydrogens (tertiary/aromatic N) is 2. The second-order valence-corrected chi connectivity index (χ2v) is 5.68. The van der Waals surface area contributed by atoms with Crippen molar-refractivity contribution in [2.75, 3.05) is 13.1 Å². The number of rotatable bonds is 3. The minimum atomic E-state index is -0.176. The normalized spacial score (nSPS) is 24.6. The number of likely N-dealkylation sites (tertiary alicyclic amines) is 1. The minimum Gasteiger partial charge on any atom is -0.393 e. The first-order valence-corrected chi connectivity index (χ1v) is 6.84. The molecule has 1 fully saturated rings. The smallest absolute Gasteiger partial charge is 0.0798 e. The molecule has 16 heavy (non-hydrogen) atoms. The van der Waals surface area contributed by atoms with Crippen molar-refractivity contribution in [3.05, 3.63) is 16.1 Å². The van der Waals surface area contributed by atoms with E-state index in [4.69, 9.17) is 0 Å². The van der Waals surface area contributed by atoms with Crippen LogP contribution >= 0.6 is 11.3 Å². The quantitative estimate of drug-likeness (QED) is 0.878. The van der Waals surface area contributed by atoms with Crippen LogP contribution in [0.25, 0.3) is 0 Å². The Balaban J connectivity index is 1.93. The van der Waals surface area contributed by atoms with Crippen molar-refractivity contribution < 1.29 is 5.11 Å². The molecular weight excluding hydrogens is 220 g/mol. The van der Waals surface area contributed by atoms with Crippen molar-refractivity contribution in [3.8, 4) is 0 Å². The van der Waals surface area contributed by atoms with Gasteiger partial charge >= 0.3 is 0 Å². The summed E-state index contributed by atoms with van der Waals surface area (Å²) in [6.45, 7) is 7.16. The Kier molecular flexibility index (Phi) is 3.95. The predicted molar refractivity (Wildman–Crippen MR) is 66.5 cm³/mol. The van der Waals surface area contributed by atoms with Crippen molar-refractivity contribution in [2.45, 2.75) is 39.3 Å². The van der Waals surface area contributed by atoms with E-state index in [2.05, 4.69) is 16.8 Å². The number of thiazole rings is 1. The van der Waals surface area contributed by atoms with Crippen molar-refractivity contribution in [1.29, 1.82) is 0 Å². The SMILES string of the molecule is Cc1ncsc1CN1CCC[C@H]([C@@H](C)O)C1. The summed E-state index contributed by atoms with van der Waals surface area (Å²) in [5, 5.41) is 9.64. The average Bonchev–Trinajstić information content (AvgIpc) is 2.65. The van der Waals surface area contributed by atoms with Crippen LogP contribution in [-0.4, -0.2) is 34.2 Å². The molecule has 0 aromatic carbocycles. The Morgan fingerprint density at radius 2 is 2.50 bits per heavy atom. The summed E-state index contributed by atoms with van der Waals surface area (Å²) in [5.41, 5.74) is 3.07. The van der Waals surface area contributed by atoms with E-state index >= 15 is 0 Å². The number of hydrogen-bond acceptors (Lipinski definition) is 4. The zero-order chi connectivity index (χ0) is 11.5. The van der Waals surface area contributed by atoms with Crippen LogP contribution in [0.3, 0.4) is 0 Å². The van der Waals surface area contributed by atoms with Crippen molar-refractivity contribution in [3.63, 3.8) is 0 Å². The van der Waals surface area contributed by atoms with E-state index in [1.165, 1.54) is 11.3 Å². The molecule has 1 aliphatic rings.